The molecule has 0 amide bonds. The molecule has 0 aromatic carbocycles. The maximum Gasteiger partial charge on any atom is 0.106 e. The Morgan fingerprint density at radius 1 is 1.58 bits per heavy atom. The minimum atomic E-state index is 0.129. The summed E-state index contributed by atoms with van der Waals surface area (Å²) in [4.78, 5) is 4.28. The molecule has 1 atom stereocenters. The van der Waals surface area contributed by atoms with E-state index in [9.17, 15) is 0 Å². The van der Waals surface area contributed by atoms with Gasteiger partial charge in [-0.3, -0.25) is 0 Å². The third-order valence-electron chi connectivity index (χ3n) is 1.70. The number of hydrogen-bond acceptors (Lipinski definition) is 2. The van der Waals surface area contributed by atoms with Crippen LogP contribution in [0, 0.1) is 0 Å². The summed E-state index contributed by atoms with van der Waals surface area (Å²) in [5, 5.41) is 0. The van der Waals surface area contributed by atoms with Crippen molar-refractivity contribution in [3.05, 3.63) is 28.5 Å². The van der Waals surface area contributed by atoms with Crippen LogP contribution >= 0.6 is 27.7 Å². The van der Waals surface area contributed by atoms with E-state index in [-0.39, 0.29) is 6.04 Å². The van der Waals surface area contributed by atoms with Crippen LogP contribution in [-0.4, -0.2) is 16.5 Å². The van der Waals surface area contributed by atoms with Gasteiger partial charge in [-0.05, 0) is 46.8 Å². The van der Waals surface area contributed by atoms with Crippen molar-refractivity contribution in [3.8, 4) is 0 Å². The Morgan fingerprint density at radius 3 is 2.75 bits per heavy atom. The van der Waals surface area contributed by atoms with Crippen LogP contribution in [0.25, 0.3) is 0 Å². The molecule has 0 saturated heterocycles. The summed E-state index contributed by atoms with van der Waals surface area (Å²) < 4.78 is 2.44. The predicted octanol–water partition coefficient (Wildman–Crippen LogP) is 2.99. The maximum absolute atomic E-state index is 5.79. The van der Waals surface area contributed by atoms with E-state index >= 15 is 0 Å². The third-order valence-corrected chi connectivity index (χ3v) is 2.43. The molecule has 0 radical (unpaired) electrons. The molecule has 1 rings (SSSR count). The van der Waals surface area contributed by atoms with Gasteiger partial charge in [-0.2, -0.15) is 0 Å². The Kier molecular flexibility index (Phi) is 3.50. The number of nitrogens with zero attached hydrogens (tertiary/aromatic N) is 2. The minimum absolute atomic E-state index is 0.129. The smallest absolute Gasteiger partial charge is 0.106 e. The highest BCUT2D eigenvalue weighted by atomic mass is 79.9. The van der Waals surface area contributed by atoms with E-state index in [1.807, 2.05) is 32.2 Å². The largest absolute Gasteiger partial charge is 0.244 e. The van der Waals surface area contributed by atoms with Gasteiger partial charge in [0.1, 0.15) is 4.60 Å². The van der Waals surface area contributed by atoms with Crippen LogP contribution in [0.15, 0.2) is 22.8 Å². The van der Waals surface area contributed by atoms with Gasteiger partial charge in [0.25, 0.3) is 0 Å². The molecule has 66 valence electrons. The molecule has 0 aliphatic rings. The molecular formula is C8H10BrClN2. The van der Waals surface area contributed by atoms with Crippen LogP contribution in [0.4, 0.5) is 0 Å². The van der Waals surface area contributed by atoms with E-state index in [2.05, 4.69) is 20.9 Å². The highest BCUT2D eigenvalue weighted by Crippen LogP contribution is 2.19. The van der Waals surface area contributed by atoms with Gasteiger partial charge in [-0.1, -0.05) is 6.07 Å². The van der Waals surface area contributed by atoms with Crippen molar-refractivity contribution in [2.24, 2.45) is 0 Å². The van der Waals surface area contributed by atoms with Crippen LogP contribution in [0.2, 0.25) is 0 Å². The van der Waals surface area contributed by atoms with Gasteiger partial charge >= 0.3 is 0 Å². The summed E-state index contributed by atoms with van der Waals surface area (Å²) in [6.45, 7) is 2.00. The average Bonchev–Trinajstić information content (AvgIpc) is 2.03. The van der Waals surface area contributed by atoms with E-state index in [1.54, 1.807) is 4.42 Å². The normalized spacial score (nSPS) is 13.4. The Morgan fingerprint density at radius 2 is 2.25 bits per heavy atom. The molecule has 1 heterocycles. The summed E-state index contributed by atoms with van der Waals surface area (Å²) in [6.07, 6.45) is 0. The maximum atomic E-state index is 5.79. The monoisotopic (exact) mass is 248 g/mol. The van der Waals surface area contributed by atoms with Crippen molar-refractivity contribution in [2.75, 3.05) is 7.05 Å². The van der Waals surface area contributed by atoms with Crippen LogP contribution in [0.1, 0.15) is 18.7 Å². The Labute approximate surface area is 85.8 Å². The second-order valence-corrected chi connectivity index (χ2v) is 3.93. The second-order valence-electron chi connectivity index (χ2n) is 2.59. The third kappa shape index (κ3) is 2.44. The molecule has 0 aliphatic heterocycles. The molecule has 2 nitrogen and oxygen atoms in total. The van der Waals surface area contributed by atoms with Gasteiger partial charge in [0, 0.05) is 7.05 Å². The molecule has 12 heavy (non-hydrogen) atoms. The van der Waals surface area contributed by atoms with Gasteiger partial charge in [-0.25, -0.2) is 9.40 Å². The van der Waals surface area contributed by atoms with E-state index in [4.69, 9.17) is 11.8 Å². The number of rotatable bonds is 2. The second kappa shape index (κ2) is 4.21. The minimum Gasteiger partial charge on any atom is -0.244 e. The van der Waals surface area contributed by atoms with E-state index in [0.29, 0.717) is 0 Å². The Hall–Kier alpha value is -0.120. The molecular weight excluding hydrogens is 239 g/mol. The predicted molar refractivity (Wildman–Crippen MR) is 54.0 cm³/mol. The van der Waals surface area contributed by atoms with Crippen molar-refractivity contribution < 1.29 is 0 Å². The molecule has 0 saturated carbocycles. The highest BCUT2D eigenvalue weighted by molar-refractivity contribution is 9.10. The average molecular weight is 250 g/mol. The van der Waals surface area contributed by atoms with E-state index < -0.39 is 0 Å². The number of hydrogen-bond donors (Lipinski definition) is 0. The standard InChI is InChI=1S/C8H10BrClN2/c1-6(12(2)10)7-4-3-5-8(9)11-7/h3-6H,1-2H3. The van der Waals surface area contributed by atoms with E-state index in [0.717, 1.165) is 10.3 Å². The molecule has 0 N–H and O–H groups in total. The fraction of sp³-hybridized carbons (Fsp3) is 0.375. The fourth-order valence-electron chi connectivity index (χ4n) is 0.839. The van der Waals surface area contributed by atoms with Gasteiger partial charge in [0.05, 0.1) is 11.7 Å². The summed E-state index contributed by atoms with van der Waals surface area (Å²) in [5.74, 6) is 0. The first kappa shape index (κ1) is 9.96. The Bertz CT molecular complexity index is 265. The molecule has 1 unspecified atom stereocenters. The van der Waals surface area contributed by atoms with Gasteiger partial charge in [-0.15, -0.1) is 0 Å². The van der Waals surface area contributed by atoms with Crippen LogP contribution in [0.3, 0.4) is 0 Å². The Balaban J connectivity index is 2.88. The lowest BCUT2D eigenvalue weighted by atomic mass is 10.2. The van der Waals surface area contributed by atoms with Crippen molar-refractivity contribution in [1.29, 1.82) is 0 Å². The first-order chi connectivity index (χ1) is 5.61. The SMILES string of the molecule is CC(c1cccc(Br)n1)N(C)Cl. The fourth-order valence-corrected chi connectivity index (χ4v) is 1.30. The first-order valence-corrected chi connectivity index (χ1v) is 4.75. The van der Waals surface area contributed by atoms with Crippen molar-refractivity contribution >= 4 is 27.7 Å². The summed E-state index contributed by atoms with van der Waals surface area (Å²) in [7, 11) is 1.81. The molecule has 0 aliphatic carbocycles. The van der Waals surface area contributed by atoms with E-state index in [1.165, 1.54) is 0 Å². The zero-order chi connectivity index (χ0) is 9.14. The van der Waals surface area contributed by atoms with Crippen LogP contribution in [0.5, 0.6) is 0 Å². The summed E-state index contributed by atoms with van der Waals surface area (Å²) >= 11 is 9.10. The molecule has 0 spiro atoms. The van der Waals surface area contributed by atoms with Crippen molar-refractivity contribution in [3.63, 3.8) is 0 Å². The zero-order valence-electron chi connectivity index (χ0n) is 6.96. The lowest BCUT2D eigenvalue weighted by Crippen LogP contribution is -2.12. The number of halogens is 2. The molecule has 0 bridgehead atoms. The van der Waals surface area contributed by atoms with Gasteiger partial charge in [0.15, 0.2) is 0 Å². The topological polar surface area (TPSA) is 16.1 Å². The van der Waals surface area contributed by atoms with Crippen LogP contribution in [-0.2, 0) is 0 Å². The molecule has 1 aromatic heterocycles. The van der Waals surface area contributed by atoms with Gasteiger partial charge < -0.3 is 0 Å². The summed E-state index contributed by atoms with van der Waals surface area (Å²) in [5.41, 5.74) is 0.960. The van der Waals surface area contributed by atoms with Crippen molar-refractivity contribution in [1.82, 2.24) is 9.40 Å². The quantitative estimate of drug-likeness (QED) is 0.592. The lowest BCUT2D eigenvalue weighted by molar-refractivity contribution is 0.428. The van der Waals surface area contributed by atoms with Gasteiger partial charge in [0.2, 0.25) is 0 Å². The van der Waals surface area contributed by atoms with Crippen molar-refractivity contribution in [2.45, 2.75) is 13.0 Å². The first-order valence-electron chi connectivity index (χ1n) is 3.62. The molecule has 4 heteroatoms. The summed E-state index contributed by atoms with van der Waals surface area (Å²) in [6, 6.07) is 5.92. The number of aromatic nitrogens is 1. The van der Waals surface area contributed by atoms with Crippen LogP contribution < -0.4 is 0 Å². The molecule has 1 aromatic rings. The highest BCUT2D eigenvalue weighted by Gasteiger charge is 2.10. The number of pyridine rings is 1. The zero-order valence-corrected chi connectivity index (χ0v) is 9.30. The molecule has 0 fully saturated rings. The lowest BCUT2D eigenvalue weighted by Gasteiger charge is -2.15.